The van der Waals surface area contributed by atoms with Crippen molar-refractivity contribution in [2.45, 2.75) is 33.1 Å². The third-order valence-corrected chi connectivity index (χ3v) is 4.46. The lowest BCUT2D eigenvalue weighted by Crippen LogP contribution is -2.21. The van der Waals surface area contributed by atoms with Crippen molar-refractivity contribution in [1.82, 2.24) is 0 Å². The molecular formula is C24H27N3O8. The SMILES string of the molecule is CC(C)COC(=O)c1ccc(NC(=O)COC(=O)CCCC(=O)Nc2ccc([N+](=O)[O-])cc2)cc1. The molecule has 2 aromatic carbocycles. The zero-order valence-corrected chi connectivity index (χ0v) is 19.4. The molecule has 0 aliphatic rings. The molecule has 2 rings (SSSR count). The monoisotopic (exact) mass is 485 g/mol. The molecule has 0 aromatic heterocycles. The number of hydrogen-bond acceptors (Lipinski definition) is 8. The molecule has 0 bridgehead atoms. The summed E-state index contributed by atoms with van der Waals surface area (Å²) in [5.41, 5.74) is 1.09. The van der Waals surface area contributed by atoms with Crippen molar-refractivity contribution in [2.75, 3.05) is 23.8 Å². The molecule has 11 nitrogen and oxygen atoms in total. The van der Waals surface area contributed by atoms with Crippen molar-refractivity contribution in [1.29, 1.82) is 0 Å². The number of carbonyl (C=O) groups is 4. The fourth-order valence-corrected chi connectivity index (χ4v) is 2.71. The van der Waals surface area contributed by atoms with Crippen LogP contribution in [0, 0.1) is 16.0 Å². The van der Waals surface area contributed by atoms with Gasteiger partial charge in [-0.25, -0.2) is 4.79 Å². The van der Waals surface area contributed by atoms with Gasteiger partial charge in [-0.15, -0.1) is 0 Å². The summed E-state index contributed by atoms with van der Waals surface area (Å²) in [5.74, 6) is -1.77. The van der Waals surface area contributed by atoms with Gasteiger partial charge in [0.15, 0.2) is 6.61 Å². The normalized spacial score (nSPS) is 10.4. The first kappa shape index (κ1) is 27.0. The number of nitro benzene ring substituents is 1. The van der Waals surface area contributed by atoms with E-state index < -0.39 is 29.4 Å². The van der Waals surface area contributed by atoms with Crippen LogP contribution < -0.4 is 10.6 Å². The van der Waals surface area contributed by atoms with E-state index in [4.69, 9.17) is 9.47 Å². The molecule has 0 atom stereocenters. The van der Waals surface area contributed by atoms with Gasteiger partial charge in [-0.2, -0.15) is 0 Å². The number of nitrogens with one attached hydrogen (secondary N) is 2. The van der Waals surface area contributed by atoms with Gasteiger partial charge in [0.2, 0.25) is 5.91 Å². The van der Waals surface area contributed by atoms with E-state index >= 15 is 0 Å². The highest BCUT2D eigenvalue weighted by atomic mass is 16.6. The number of hydrogen-bond donors (Lipinski definition) is 2. The van der Waals surface area contributed by atoms with Gasteiger partial charge >= 0.3 is 11.9 Å². The van der Waals surface area contributed by atoms with E-state index in [2.05, 4.69) is 10.6 Å². The molecule has 0 radical (unpaired) electrons. The highest BCUT2D eigenvalue weighted by Gasteiger charge is 2.12. The number of ether oxygens (including phenoxy) is 2. The Hall–Kier alpha value is -4.28. The van der Waals surface area contributed by atoms with Crippen molar-refractivity contribution in [3.05, 3.63) is 64.2 Å². The van der Waals surface area contributed by atoms with E-state index in [1.54, 1.807) is 0 Å². The quantitative estimate of drug-likeness (QED) is 0.262. The van der Waals surface area contributed by atoms with E-state index in [-0.39, 0.29) is 36.8 Å². The number of amides is 2. The average Bonchev–Trinajstić information content (AvgIpc) is 2.82. The molecule has 186 valence electrons. The Kier molecular flexibility index (Phi) is 10.3. The summed E-state index contributed by atoms with van der Waals surface area (Å²) >= 11 is 0. The van der Waals surface area contributed by atoms with Crippen LogP contribution in [-0.4, -0.2) is 41.9 Å². The Labute approximate surface area is 201 Å². The second-order valence-electron chi connectivity index (χ2n) is 7.98. The molecule has 0 spiro atoms. The molecule has 2 N–H and O–H groups in total. The van der Waals surface area contributed by atoms with E-state index in [0.717, 1.165) is 0 Å². The highest BCUT2D eigenvalue weighted by Crippen LogP contribution is 2.16. The smallest absolute Gasteiger partial charge is 0.338 e. The molecule has 35 heavy (non-hydrogen) atoms. The maximum Gasteiger partial charge on any atom is 0.338 e. The zero-order valence-electron chi connectivity index (χ0n) is 19.4. The van der Waals surface area contributed by atoms with Crippen LogP contribution in [0.4, 0.5) is 17.1 Å². The van der Waals surface area contributed by atoms with Crippen LogP contribution in [0.5, 0.6) is 0 Å². The van der Waals surface area contributed by atoms with Crippen molar-refractivity contribution >= 4 is 40.8 Å². The number of nitro groups is 1. The molecule has 0 saturated heterocycles. The lowest BCUT2D eigenvalue weighted by atomic mass is 10.2. The van der Waals surface area contributed by atoms with Gasteiger partial charge in [-0.3, -0.25) is 24.5 Å². The highest BCUT2D eigenvalue weighted by molar-refractivity contribution is 5.94. The third kappa shape index (κ3) is 10.0. The minimum Gasteiger partial charge on any atom is -0.462 e. The first-order valence-corrected chi connectivity index (χ1v) is 10.9. The minimum absolute atomic E-state index is 0.0320. The lowest BCUT2D eigenvalue weighted by molar-refractivity contribution is -0.384. The van der Waals surface area contributed by atoms with Crippen LogP contribution in [0.25, 0.3) is 0 Å². The van der Waals surface area contributed by atoms with Gasteiger partial charge in [-0.05, 0) is 48.7 Å². The Morgan fingerprint density at radius 2 is 1.43 bits per heavy atom. The van der Waals surface area contributed by atoms with Gasteiger partial charge in [0.1, 0.15) is 0 Å². The summed E-state index contributed by atoms with van der Waals surface area (Å²) in [6.45, 7) is 3.68. The summed E-state index contributed by atoms with van der Waals surface area (Å²) in [4.78, 5) is 57.7. The maximum atomic E-state index is 12.0. The Bertz CT molecular complexity index is 1050. The van der Waals surface area contributed by atoms with Crippen LogP contribution in [-0.2, 0) is 23.9 Å². The first-order valence-electron chi connectivity index (χ1n) is 10.9. The molecule has 2 aromatic rings. The first-order chi connectivity index (χ1) is 16.6. The predicted octanol–water partition coefficient (Wildman–Crippen LogP) is 3.70. The number of carbonyl (C=O) groups excluding carboxylic acids is 4. The lowest BCUT2D eigenvalue weighted by Gasteiger charge is -2.09. The predicted molar refractivity (Wildman–Crippen MR) is 127 cm³/mol. The van der Waals surface area contributed by atoms with E-state index in [1.807, 2.05) is 13.8 Å². The summed E-state index contributed by atoms with van der Waals surface area (Å²) < 4.78 is 10.0. The molecule has 0 heterocycles. The fraction of sp³-hybridized carbons (Fsp3) is 0.333. The van der Waals surface area contributed by atoms with Crippen molar-refractivity contribution in [3.63, 3.8) is 0 Å². The molecular weight excluding hydrogens is 458 g/mol. The fourth-order valence-electron chi connectivity index (χ4n) is 2.71. The van der Waals surface area contributed by atoms with Crippen LogP contribution in [0.2, 0.25) is 0 Å². The number of non-ortho nitro benzene ring substituents is 1. The molecule has 0 unspecified atom stereocenters. The molecule has 11 heteroatoms. The topological polar surface area (TPSA) is 154 Å². The summed E-state index contributed by atoms with van der Waals surface area (Å²) in [6.07, 6.45) is 0.173. The van der Waals surface area contributed by atoms with E-state index in [9.17, 15) is 29.3 Å². The number of rotatable bonds is 12. The number of anilines is 2. The van der Waals surface area contributed by atoms with Gasteiger partial charge in [0, 0.05) is 36.3 Å². The van der Waals surface area contributed by atoms with Crippen LogP contribution in [0.1, 0.15) is 43.5 Å². The van der Waals surface area contributed by atoms with Gasteiger partial charge in [0.25, 0.3) is 11.6 Å². The zero-order chi connectivity index (χ0) is 25.8. The average molecular weight is 485 g/mol. The molecule has 0 fully saturated rings. The molecule has 0 aliphatic carbocycles. The van der Waals surface area contributed by atoms with Crippen LogP contribution in [0.3, 0.4) is 0 Å². The van der Waals surface area contributed by atoms with E-state index in [0.29, 0.717) is 23.5 Å². The van der Waals surface area contributed by atoms with E-state index in [1.165, 1.54) is 48.5 Å². The third-order valence-electron chi connectivity index (χ3n) is 4.46. The maximum absolute atomic E-state index is 12.0. The van der Waals surface area contributed by atoms with Crippen LogP contribution >= 0.6 is 0 Å². The summed E-state index contributed by atoms with van der Waals surface area (Å²) in [5, 5.41) is 15.8. The summed E-state index contributed by atoms with van der Waals surface area (Å²) in [7, 11) is 0. The van der Waals surface area contributed by atoms with Gasteiger partial charge < -0.3 is 20.1 Å². The largest absolute Gasteiger partial charge is 0.462 e. The Morgan fingerprint density at radius 3 is 2.00 bits per heavy atom. The number of nitrogens with zero attached hydrogens (tertiary/aromatic N) is 1. The molecule has 2 amide bonds. The van der Waals surface area contributed by atoms with Crippen molar-refractivity contribution in [3.8, 4) is 0 Å². The Balaban J connectivity index is 1.65. The molecule has 0 aliphatic heterocycles. The molecule has 0 saturated carbocycles. The Morgan fingerprint density at radius 1 is 0.857 bits per heavy atom. The second-order valence-corrected chi connectivity index (χ2v) is 7.98. The second kappa shape index (κ2) is 13.4. The number of benzene rings is 2. The van der Waals surface area contributed by atoms with Gasteiger partial charge in [0.05, 0.1) is 17.1 Å². The van der Waals surface area contributed by atoms with Crippen molar-refractivity contribution in [2.24, 2.45) is 5.92 Å². The van der Waals surface area contributed by atoms with Gasteiger partial charge in [-0.1, -0.05) is 13.8 Å². The van der Waals surface area contributed by atoms with Crippen molar-refractivity contribution < 1.29 is 33.6 Å². The summed E-state index contributed by atoms with van der Waals surface area (Å²) in [6, 6.07) is 11.5. The number of esters is 2. The minimum atomic E-state index is -0.633. The van der Waals surface area contributed by atoms with Crippen LogP contribution in [0.15, 0.2) is 48.5 Å². The standard InChI is InChI=1S/C24H27N3O8/c1-16(2)14-35-24(31)17-6-8-18(9-7-17)26-22(29)15-34-23(30)5-3-4-21(28)25-19-10-12-20(13-11-19)27(32)33/h6-13,16H,3-5,14-15H2,1-2H3,(H,25,28)(H,26,29).